The van der Waals surface area contributed by atoms with E-state index in [0.29, 0.717) is 17.3 Å². The highest BCUT2D eigenvalue weighted by molar-refractivity contribution is 7.91. The molecular formula is C19H26ClNO3S. The Kier molecular flexibility index (Phi) is 8.97. The SMILES string of the molecule is CNCCCCCOc1ccccc1S(=O)(=O)c1ccccc1C.Cl. The third-order valence-corrected chi connectivity index (χ3v) is 5.80. The minimum Gasteiger partial charge on any atom is -0.492 e. The van der Waals surface area contributed by atoms with Gasteiger partial charge in [-0.1, -0.05) is 30.3 Å². The molecule has 0 aromatic heterocycles. The molecule has 0 saturated heterocycles. The van der Waals surface area contributed by atoms with Crippen LogP contribution in [0.3, 0.4) is 0 Å². The van der Waals surface area contributed by atoms with Crippen molar-refractivity contribution in [1.82, 2.24) is 5.32 Å². The van der Waals surface area contributed by atoms with Gasteiger partial charge in [0.25, 0.3) is 0 Å². The van der Waals surface area contributed by atoms with Gasteiger partial charge >= 0.3 is 0 Å². The minimum atomic E-state index is -3.59. The molecular weight excluding hydrogens is 358 g/mol. The van der Waals surface area contributed by atoms with E-state index in [9.17, 15) is 8.42 Å². The largest absolute Gasteiger partial charge is 0.492 e. The Balaban J connectivity index is 0.00000312. The van der Waals surface area contributed by atoms with Crippen LogP contribution < -0.4 is 10.1 Å². The monoisotopic (exact) mass is 383 g/mol. The molecule has 0 unspecified atom stereocenters. The van der Waals surface area contributed by atoms with Crippen molar-refractivity contribution in [2.75, 3.05) is 20.2 Å². The lowest BCUT2D eigenvalue weighted by Gasteiger charge is -2.13. The summed E-state index contributed by atoms with van der Waals surface area (Å²) in [6.07, 6.45) is 3.04. The zero-order chi connectivity index (χ0) is 17.4. The molecule has 2 aromatic carbocycles. The van der Waals surface area contributed by atoms with Gasteiger partial charge in [0, 0.05) is 0 Å². The maximum atomic E-state index is 13.0. The molecule has 0 bridgehead atoms. The van der Waals surface area contributed by atoms with Crippen LogP contribution in [0.2, 0.25) is 0 Å². The van der Waals surface area contributed by atoms with E-state index in [4.69, 9.17) is 4.74 Å². The van der Waals surface area contributed by atoms with Crippen molar-refractivity contribution in [3.8, 4) is 5.75 Å². The van der Waals surface area contributed by atoms with Crippen LogP contribution in [0.1, 0.15) is 24.8 Å². The average molecular weight is 384 g/mol. The number of ether oxygens (including phenoxy) is 1. The summed E-state index contributed by atoms with van der Waals surface area (Å²) in [6, 6.07) is 13.9. The number of hydrogen-bond acceptors (Lipinski definition) is 4. The number of sulfone groups is 1. The fraction of sp³-hybridized carbons (Fsp3) is 0.368. The highest BCUT2D eigenvalue weighted by Crippen LogP contribution is 2.30. The van der Waals surface area contributed by atoms with E-state index in [2.05, 4.69) is 5.32 Å². The highest BCUT2D eigenvalue weighted by atomic mass is 35.5. The summed E-state index contributed by atoms with van der Waals surface area (Å²) in [5.41, 5.74) is 0.736. The summed E-state index contributed by atoms with van der Waals surface area (Å²) in [6.45, 7) is 3.31. The number of hydrogen-bond donors (Lipinski definition) is 1. The Labute approximate surface area is 156 Å². The Morgan fingerprint density at radius 3 is 2.24 bits per heavy atom. The topological polar surface area (TPSA) is 55.4 Å². The van der Waals surface area contributed by atoms with Crippen molar-refractivity contribution in [2.45, 2.75) is 36.0 Å². The number of unbranched alkanes of at least 4 members (excludes halogenated alkanes) is 2. The van der Waals surface area contributed by atoms with E-state index in [1.807, 2.05) is 13.1 Å². The molecule has 0 heterocycles. The fourth-order valence-electron chi connectivity index (χ4n) is 2.53. The minimum absolute atomic E-state index is 0. The molecule has 0 spiro atoms. The Morgan fingerprint density at radius 1 is 0.920 bits per heavy atom. The first-order valence-electron chi connectivity index (χ1n) is 8.24. The van der Waals surface area contributed by atoms with E-state index in [0.717, 1.165) is 31.4 Å². The van der Waals surface area contributed by atoms with E-state index in [1.54, 1.807) is 49.4 Å². The molecule has 4 nitrogen and oxygen atoms in total. The second-order valence-electron chi connectivity index (χ2n) is 5.73. The number of benzene rings is 2. The van der Waals surface area contributed by atoms with Crippen molar-refractivity contribution in [3.05, 3.63) is 54.1 Å². The first-order chi connectivity index (χ1) is 11.6. The molecule has 0 aliphatic carbocycles. The van der Waals surface area contributed by atoms with Gasteiger partial charge in [-0.05, 0) is 63.5 Å². The second kappa shape index (κ2) is 10.4. The predicted molar refractivity (Wildman–Crippen MR) is 104 cm³/mol. The van der Waals surface area contributed by atoms with Crippen molar-refractivity contribution in [2.24, 2.45) is 0 Å². The van der Waals surface area contributed by atoms with Gasteiger partial charge in [0.05, 0.1) is 11.5 Å². The normalized spacial score (nSPS) is 11.0. The van der Waals surface area contributed by atoms with Gasteiger partial charge in [-0.2, -0.15) is 0 Å². The lowest BCUT2D eigenvalue weighted by Crippen LogP contribution is -2.09. The zero-order valence-corrected chi connectivity index (χ0v) is 16.3. The molecule has 138 valence electrons. The van der Waals surface area contributed by atoms with Crippen LogP contribution in [0.15, 0.2) is 58.3 Å². The number of para-hydroxylation sites is 1. The number of halogens is 1. The highest BCUT2D eigenvalue weighted by Gasteiger charge is 2.23. The summed E-state index contributed by atoms with van der Waals surface area (Å²) >= 11 is 0. The summed E-state index contributed by atoms with van der Waals surface area (Å²) < 4.78 is 31.7. The first-order valence-corrected chi connectivity index (χ1v) is 9.73. The summed E-state index contributed by atoms with van der Waals surface area (Å²) in [7, 11) is -1.65. The number of aryl methyl sites for hydroxylation is 1. The molecule has 0 atom stereocenters. The first kappa shape index (κ1) is 21.5. The summed E-state index contributed by atoms with van der Waals surface area (Å²) in [4.78, 5) is 0.560. The van der Waals surface area contributed by atoms with Crippen LogP contribution in [-0.2, 0) is 9.84 Å². The summed E-state index contributed by atoms with van der Waals surface area (Å²) in [5.74, 6) is 0.425. The molecule has 0 saturated carbocycles. The number of rotatable bonds is 9. The molecule has 2 aromatic rings. The van der Waals surface area contributed by atoms with Gasteiger partial charge in [0.15, 0.2) is 0 Å². The molecule has 0 radical (unpaired) electrons. The van der Waals surface area contributed by atoms with Gasteiger partial charge in [0.1, 0.15) is 10.6 Å². The van der Waals surface area contributed by atoms with E-state index < -0.39 is 9.84 Å². The lowest BCUT2D eigenvalue weighted by molar-refractivity contribution is 0.297. The molecule has 0 aliphatic rings. The van der Waals surface area contributed by atoms with Gasteiger partial charge in [0.2, 0.25) is 9.84 Å². The van der Waals surface area contributed by atoms with Gasteiger partial charge in [-0.15, -0.1) is 12.4 Å². The third-order valence-electron chi connectivity index (χ3n) is 3.85. The van der Waals surface area contributed by atoms with E-state index >= 15 is 0 Å². The number of nitrogens with one attached hydrogen (secondary N) is 1. The zero-order valence-electron chi connectivity index (χ0n) is 14.7. The smallest absolute Gasteiger partial charge is 0.210 e. The van der Waals surface area contributed by atoms with Crippen molar-refractivity contribution in [3.63, 3.8) is 0 Å². The van der Waals surface area contributed by atoms with Crippen LogP contribution in [0.4, 0.5) is 0 Å². The van der Waals surface area contributed by atoms with Crippen LogP contribution in [-0.4, -0.2) is 28.6 Å². The molecule has 0 aliphatic heterocycles. The third kappa shape index (κ3) is 5.73. The van der Waals surface area contributed by atoms with Gasteiger partial charge < -0.3 is 10.1 Å². The predicted octanol–water partition coefficient (Wildman–Crippen LogP) is 4.02. The van der Waals surface area contributed by atoms with Gasteiger partial charge in [-0.3, -0.25) is 0 Å². The molecule has 0 amide bonds. The average Bonchev–Trinajstić information content (AvgIpc) is 2.58. The molecule has 2 rings (SSSR count). The fourth-order valence-corrected chi connectivity index (χ4v) is 4.17. The molecule has 25 heavy (non-hydrogen) atoms. The van der Waals surface area contributed by atoms with E-state index in [-0.39, 0.29) is 17.3 Å². The Hall–Kier alpha value is -1.56. The van der Waals surface area contributed by atoms with Crippen LogP contribution in [0, 0.1) is 6.92 Å². The van der Waals surface area contributed by atoms with Crippen molar-refractivity contribution in [1.29, 1.82) is 0 Å². The second-order valence-corrected chi connectivity index (χ2v) is 7.61. The Morgan fingerprint density at radius 2 is 1.56 bits per heavy atom. The molecule has 6 heteroatoms. The lowest BCUT2D eigenvalue weighted by atomic mass is 10.2. The van der Waals surface area contributed by atoms with Crippen LogP contribution in [0.5, 0.6) is 5.75 Å². The van der Waals surface area contributed by atoms with Crippen LogP contribution >= 0.6 is 12.4 Å². The summed E-state index contributed by atoms with van der Waals surface area (Å²) in [5, 5.41) is 3.11. The van der Waals surface area contributed by atoms with Gasteiger partial charge in [-0.25, -0.2) is 8.42 Å². The quantitative estimate of drug-likeness (QED) is 0.664. The van der Waals surface area contributed by atoms with Crippen LogP contribution in [0.25, 0.3) is 0 Å². The standard InChI is InChI=1S/C19H25NO3S.ClH/c1-16-10-4-6-12-18(16)24(21,22)19-13-7-5-11-17(19)23-15-9-3-8-14-20-2;/h4-7,10-13,20H,3,8-9,14-15H2,1-2H3;1H. The van der Waals surface area contributed by atoms with Crippen molar-refractivity contribution < 1.29 is 13.2 Å². The maximum Gasteiger partial charge on any atom is 0.210 e. The maximum absolute atomic E-state index is 13.0. The molecule has 0 fully saturated rings. The Bertz CT molecular complexity index is 763. The van der Waals surface area contributed by atoms with E-state index in [1.165, 1.54) is 0 Å². The van der Waals surface area contributed by atoms with Crippen molar-refractivity contribution >= 4 is 22.2 Å². The molecule has 1 N–H and O–H groups in total.